The van der Waals surface area contributed by atoms with Gasteiger partial charge in [-0.1, -0.05) is 42.0 Å². The van der Waals surface area contributed by atoms with Crippen LogP contribution in [0.3, 0.4) is 0 Å². The van der Waals surface area contributed by atoms with E-state index in [1.807, 2.05) is 29.2 Å². The first-order valence-electron chi connectivity index (χ1n) is 10.9. The van der Waals surface area contributed by atoms with Crippen molar-refractivity contribution in [3.8, 4) is 11.1 Å². The Bertz CT molecular complexity index is 905. The van der Waals surface area contributed by atoms with Crippen molar-refractivity contribution in [1.29, 1.82) is 0 Å². The highest BCUT2D eigenvalue weighted by atomic mass is 16.5. The first-order valence-corrected chi connectivity index (χ1v) is 10.9. The van der Waals surface area contributed by atoms with Crippen molar-refractivity contribution < 1.29 is 14.3 Å². The molecule has 0 unspecified atom stereocenters. The summed E-state index contributed by atoms with van der Waals surface area (Å²) in [6.45, 7) is 4.66. The predicted molar refractivity (Wildman–Crippen MR) is 118 cm³/mol. The topological polar surface area (TPSA) is 58.6 Å². The lowest BCUT2D eigenvalue weighted by molar-refractivity contribution is -0.141. The Morgan fingerprint density at radius 3 is 2.47 bits per heavy atom. The molecule has 0 saturated carbocycles. The summed E-state index contributed by atoms with van der Waals surface area (Å²) in [4.78, 5) is 27.7. The van der Waals surface area contributed by atoms with Gasteiger partial charge >= 0.3 is 0 Å². The zero-order valence-electron chi connectivity index (χ0n) is 17.6. The Labute approximate surface area is 178 Å². The summed E-state index contributed by atoms with van der Waals surface area (Å²) in [6, 6.07) is 16.3. The van der Waals surface area contributed by atoms with Crippen LogP contribution in [-0.2, 0) is 14.3 Å². The van der Waals surface area contributed by atoms with Crippen molar-refractivity contribution in [1.82, 2.24) is 4.90 Å². The lowest BCUT2D eigenvalue weighted by Crippen LogP contribution is -2.46. The predicted octanol–water partition coefficient (Wildman–Crippen LogP) is 4.27. The van der Waals surface area contributed by atoms with Crippen molar-refractivity contribution in [2.45, 2.75) is 32.6 Å². The molecule has 4 rings (SSSR count). The second-order valence-electron chi connectivity index (χ2n) is 8.45. The molecule has 2 fully saturated rings. The van der Waals surface area contributed by atoms with Crippen molar-refractivity contribution in [2.75, 3.05) is 31.6 Å². The number of aryl methyl sites for hydroxylation is 1. The van der Waals surface area contributed by atoms with E-state index in [9.17, 15) is 9.59 Å². The van der Waals surface area contributed by atoms with Crippen molar-refractivity contribution >= 4 is 17.5 Å². The fourth-order valence-corrected chi connectivity index (χ4v) is 4.44. The van der Waals surface area contributed by atoms with E-state index >= 15 is 0 Å². The molecule has 158 valence electrons. The van der Waals surface area contributed by atoms with Gasteiger partial charge in [0.15, 0.2) is 0 Å². The number of ether oxygens (including phenoxy) is 1. The van der Waals surface area contributed by atoms with Crippen LogP contribution in [0.2, 0.25) is 0 Å². The molecule has 0 radical (unpaired) electrons. The SMILES string of the molecule is Cc1cccc(-c2cccc(NC(=O)[C@H]3CCCN(C(=O)C4CCOCC4)C3)c2)c1. The molecule has 1 N–H and O–H groups in total. The number of nitrogens with zero attached hydrogens (tertiary/aromatic N) is 1. The Morgan fingerprint density at radius 1 is 0.967 bits per heavy atom. The maximum absolute atomic E-state index is 12.9. The maximum Gasteiger partial charge on any atom is 0.229 e. The number of hydrogen-bond donors (Lipinski definition) is 1. The van der Waals surface area contributed by atoms with Gasteiger partial charge in [-0.05, 0) is 55.9 Å². The van der Waals surface area contributed by atoms with E-state index in [1.165, 1.54) is 5.56 Å². The highest BCUT2D eigenvalue weighted by molar-refractivity contribution is 5.94. The molecule has 0 bridgehead atoms. The number of benzene rings is 2. The quantitative estimate of drug-likeness (QED) is 0.825. The van der Waals surface area contributed by atoms with Gasteiger partial charge in [0, 0.05) is 37.9 Å². The zero-order chi connectivity index (χ0) is 20.9. The molecule has 2 aromatic carbocycles. The van der Waals surface area contributed by atoms with Crippen molar-refractivity contribution in [3.05, 3.63) is 54.1 Å². The number of hydrogen-bond acceptors (Lipinski definition) is 3. The fourth-order valence-electron chi connectivity index (χ4n) is 4.44. The van der Waals surface area contributed by atoms with Crippen LogP contribution in [0.25, 0.3) is 11.1 Å². The standard InChI is InChI=1S/C25H30N2O3/c1-18-5-2-6-20(15-18)21-7-3-9-23(16-21)26-24(28)22-8-4-12-27(17-22)25(29)19-10-13-30-14-11-19/h2-3,5-7,9,15-16,19,22H,4,8,10-14,17H2,1H3,(H,26,28)/t22-/m0/s1. The van der Waals surface area contributed by atoms with E-state index in [2.05, 4.69) is 36.5 Å². The smallest absolute Gasteiger partial charge is 0.229 e. The number of likely N-dealkylation sites (tertiary alicyclic amines) is 1. The first kappa shape index (κ1) is 20.6. The van der Waals surface area contributed by atoms with E-state index in [1.54, 1.807) is 0 Å². The second-order valence-corrected chi connectivity index (χ2v) is 8.45. The van der Waals surface area contributed by atoms with E-state index in [4.69, 9.17) is 4.74 Å². The van der Waals surface area contributed by atoms with Crippen LogP contribution in [-0.4, -0.2) is 43.0 Å². The minimum atomic E-state index is -0.162. The van der Waals surface area contributed by atoms with Crippen LogP contribution in [0.4, 0.5) is 5.69 Å². The van der Waals surface area contributed by atoms with Crippen molar-refractivity contribution in [2.24, 2.45) is 11.8 Å². The average molecular weight is 407 g/mol. The molecule has 0 spiro atoms. The maximum atomic E-state index is 12.9. The van der Waals surface area contributed by atoms with Gasteiger partial charge in [-0.15, -0.1) is 0 Å². The molecule has 1 atom stereocenters. The van der Waals surface area contributed by atoms with Crippen LogP contribution >= 0.6 is 0 Å². The Kier molecular flexibility index (Phi) is 6.48. The molecule has 0 aromatic heterocycles. The van der Waals surface area contributed by atoms with E-state index in [0.29, 0.717) is 19.8 Å². The van der Waals surface area contributed by atoms with Crippen LogP contribution in [0, 0.1) is 18.8 Å². The Morgan fingerprint density at radius 2 is 1.70 bits per heavy atom. The molecule has 2 heterocycles. The van der Waals surface area contributed by atoms with Crippen LogP contribution in [0.5, 0.6) is 0 Å². The summed E-state index contributed by atoms with van der Waals surface area (Å²) in [5.41, 5.74) is 4.22. The number of carbonyl (C=O) groups excluding carboxylic acids is 2. The van der Waals surface area contributed by atoms with Gasteiger partial charge in [0.05, 0.1) is 5.92 Å². The van der Waals surface area contributed by atoms with E-state index in [0.717, 1.165) is 49.0 Å². The molecule has 5 nitrogen and oxygen atoms in total. The third kappa shape index (κ3) is 4.90. The van der Waals surface area contributed by atoms with Gasteiger partial charge in [-0.25, -0.2) is 0 Å². The van der Waals surface area contributed by atoms with Gasteiger partial charge in [-0.2, -0.15) is 0 Å². The largest absolute Gasteiger partial charge is 0.381 e. The molecule has 2 aliphatic rings. The first-order chi connectivity index (χ1) is 14.6. The lowest BCUT2D eigenvalue weighted by atomic mass is 9.93. The molecule has 30 heavy (non-hydrogen) atoms. The summed E-state index contributed by atoms with van der Waals surface area (Å²) in [5, 5.41) is 3.08. The van der Waals surface area contributed by atoms with Gasteiger partial charge in [0.1, 0.15) is 0 Å². The Hall–Kier alpha value is -2.66. The van der Waals surface area contributed by atoms with Crippen LogP contribution in [0.1, 0.15) is 31.2 Å². The molecule has 5 heteroatoms. The Balaban J connectivity index is 1.40. The minimum Gasteiger partial charge on any atom is -0.381 e. The minimum absolute atomic E-state index is 0.000805. The second kappa shape index (κ2) is 9.43. The molecule has 2 aliphatic heterocycles. The van der Waals surface area contributed by atoms with Crippen molar-refractivity contribution in [3.63, 3.8) is 0 Å². The highest BCUT2D eigenvalue weighted by Crippen LogP contribution is 2.26. The molecular formula is C25H30N2O3. The zero-order valence-corrected chi connectivity index (χ0v) is 17.6. The third-order valence-electron chi connectivity index (χ3n) is 6.16. The highest BCUT2D eigenvalue weighted by Gasteiger charge is 2.32. The summed E-state index contributed by atoms with van der Waals surface area (Å²) < 4.78 is 5.38. The van der Waals surface area contributed by atoms with Gasteiger partial charge < -0.3 is 15.0 Å². The fraction of sp³-hybridized carbons (Fsp3) is 0.440. The summed E-state index contributed by atoms with van der Waals surface area (Å²) >= 11 is 0. The normalized spacial score (nSPS) is 20.0. The van der Waals surface area contributed by atoms with E-state index < -0.39 is 0 Å². The number of piperidine rings is 1. The molecule has 2 aromatic rings. The van der Waals surface area contributed by atoms with E-state index in [-0.39, 0.29) is 23.7 Å². The summed E-state index contributed by atoms with van der Waals surface area (Å²) in [5.74, 6) is 0.0786. The number of rotatable bonds is 4. The summed E-state index contributed by atoms with van der Waals surface area (Å²) in [7, 11) is 0. The summed E-state index contributed by atoms with van der Waals surface area (Å²) in [6.07, 6.45) is 3.27. The lowest BCUT2D eigenvalue weighted by Gasteiger charge is -2.35. The third-order valence-corrected chi connectivity index (χ3v) is 6.16. The number of carbonyl (C=O) groups is 2. The number of anilines is 1. The van der Waals surface area contributed by atoms with Crippen LogP contribution < -0.4 is 5.32 Å². The monoisotopic (exact) mass is 406 g/mol. The van der Waals surface area contributed by atoms with Crippen LogP contribution in [0.15, 0.2) is 48.5 Å². The number of amides is 2. The van der Waals surface area contributed by atoms with Gasteiger partial charge in [0.2, 0.25) is 11.8 Å². The molecule has 0 aliphatic carbocycles. The van der Waals surface area contributed by atoms with Gasteiger partial charge in [0.25, 0.3) is 0 Å². The number of nitrogens with one attached hydrogen (secondary N) is 1. The molecule has 2 saturated heterocycles. The molecular weight excluding hydrogens is 376 g/mol. The van der Waals surface area contributed by atoms with Gasteiger partial charge in [-0.3, -0.25) is 9.59 Å². The molecule has 2 amide bonds. The average Bonchev–Trinajstić information content (AvgIpc) is 2.79.